The molecule has 8 nitrogen and oxygen atoms in total. The molecule has 0 amide bonds. The van der Waals surface area contributed by atoms with Crippen molar-refractivity contribution in [2.45, 2.75) is 31.8 Å². The summed E-state index contributed by atoms with van der Waals surface area (Å²) in [4.78, 5) is 28.5. The first kappa shape index (κ1) is 37.3. The summed E-state index contributed by atoms with van der Waals surface area (Å²) in [6.07, 6.45) is 6.45. The maximum atomic E-state index is 13.0. The van der Waals surface area contributed by atoms with Crippen molar-refractivity contribution in [3.63, 3.8) is 0 Å². The number of piperazine rings is 2. The number of aromatic nitrogens is 2. The fourth-order valence-corrected chi connectivity index (χ4v) is 7.72. The molecule has 2 saturated heterocycles. The van der Waals surface area contributed by atoms with Gasteiger partial charge in [0.15, 0.2) is 5.78 Å². The fourth-order valence-electron chi connectivity index (χ4n) is 7.72. The van der Waals surface area contributed by atoms with Gasteiger partial charge in [0.05, 0.1) is 6.10 Å². The van der Waals surface area contributed by atoms with Crippen LogP contribution < -0.4 is 9.80 Å². The quantitative estimate of drug-likeness (QED) is 0.111. The molecule has 1 unspecified atom stereocenters. The molecule has 10 heteroatoms. The molecule has 0 aliphatic carbocycles. The van der Waals surface area contributed by atoms with Crippen molar-refractivity contribution in [1.29, 1.82) is 0 Å². The Labute approximate surface area is 316 Å². The summed E-state index contributed by atoms with van der Waals surface area (Å²) in [5.74, 6) is -0.480. The Morgan fingerprint density at radius 3 is 1.61 bits per heavy atom. The second-order valence-electron chi connectivity index (χ2n) is 14.3. The number of aliphatic hydroxyl groups is 1. The molecule has 4 aromatic carbocycles. The fraction of sp³-hybridized carbons (Fsp3) is 0.341. The topological polar surface area (TPSA) is 81.8 Å². The lowest BCUT2D eigenvalue weighted by Crippen LogP contribution is -2.46. The summed E-state index contributed by atoms with van der Waals surface area (Å²) in [6, 6.07) is 29.1. The van der Waals surface area contributed by atoms with Gasteiger partial charge in [-0.1, -0.05) is 24.3 Å². The Balaban J connectivity index is 0.000000167. The van der Waals surface area contributed by atoms with E-state index in [1.165, 1.54) is 57.4 Å². The molecule has 0 spiro atoms. The maximum Gasteiger partial charge on any atom is 0.162 e. The van der Waals surface area contributed by atoms with Crippen molar-refractivity contribution < 1.29 is 18.7 Å². The Morgan fingerprint density at radius 1 is 0.611 bits per heavy atom. The molecule has 0 radical (unpaired) electrons. The van der Waals surface area contributed by atoms with Crippen molar-refractivity contribution in [3.8, 4) is 0 Å². The molecular formula is C44H50F2N6O2. The van der Waals surface area contributed by atoms with Crippen LogP contribution in [0.3, 0.4) is 0 Å². The minimum absolute atomic E-state index is 0.0905. The molecule has 2 aliphatic rings. The van der Waals surface area contributed by atoms with Gasteiger partial charge < -0.3 is 24.9 Å². The number of hydrogen-bond acceptors (Lipinski definition) is 6. The van der Waals surface area contributed by atoms with E-state index in [0.29, 0.717) is 18.4 Å². The molecular weight excluding hydrogens is 683 g/mol. The summed E-state index contributed by atoms with van der Waals surface area (Å²) in [5, 5.41) is 12.8. The van der Waals surface area contributed by atoms with Crippen LogP contribution in [-0.2, 0) is 0 Å². The van der Waals surface area contributed by atoms with Crippen LogP contribution in [0.25, 0.3) is 21.8 Å². The van der Waals surface area contributed by atoms with Gasteiger partial charge in [-0.2, -0.15) is 0 Å². The summed E-state index contributed by atoms with van der Waals surface area (Å²) < 4.78 is 25.9. The molecule has 3 N–H and O–H groups in total. The molecule has 2 fully saturated rings. The van der Waals surface area contributed by atoms with Crippen molar-refractivity contribution in [2.75, 3.05) is 75.2 Å². The maximum absolute atomic E-state index is 13.0. The SMILES string of the molecule is O=C(CCCN1CCN(c2cccc3[nH]ccc23)CC1)c1ccc(F)cc1.OC(CCCN1CCN(c2cccc3[nH]ccc23)CC1)c1ccc(F)cc1. The largest absolute Gasteiger partial charge is 0.388 e. The number of rotatable bonds is 12. The first-order valence-electron chi connectivity index (χ1n) is 19.2. The molecule has 4 heterocycles. The number of ketones is 1. The lowest BCUT2D eigenvalue weighted by Gasteiger charge is -2.36. The average Bonchev–Trinajstić information content (AvgIpc) is 3.90. The third-order valence-corrected chi connectivity index (χ3v) is 10.8. The van der Waals surface area contributed by atoms with Crippen LogP contribution >= 0.6 is 0 Å². The highest BCUT2D eigenvalue weighted by molar-refractivity contribution is 5.96. The molecule has 8 rings (SSSR count). The van der Waals surface area contributed by atoms with Crippen LogP contribution in [0.1, 0.15) is 47.7 Å². The Bertz CT molecular complexity index is 2080. The molecule has 54 heavy (non-hydrogen) atoms. The number of H-pyrrole nitrogens is 2. The van der Waals surface area contributed by atoms with Crippen LogP contribution in [0, 0.1) is 11.6 Å². The molecule has 1 atom stereocenters. The van der Waals surface area contributed by atoms with E-state index >= 15 is 0 Å². The molecule has 6 aromatic rings. The number of nitrogens with one attached hydrogen (secondary N) is 2. The standard InChI is InChI=1S/C22H26FN3O.C22H24FN3O/c2*23-18-8-6-17(7-9-18)22(27)5-2-12-25-13-15-26(16-14-25)21-4-1-3-20-19(21)10-11-24-20/h1,3-4,6-11,22,24,27H,2,5,12-16H2;1,3-4,6-11,24H,2,5,12-16H2. The van der Waals surface area contributed by atoms with Gasteiger partial charge in [0.2, 0.25) is 0 Å². The number of nitrogens with zero attached hydrogens (tertiary/aromatic N) is 4. The molecule has 0 saturated carbocycles. The van der Waals surface area contributed by atoms with Crippen LogP contribution in [-0.4, -0.2) is 96.1 Å². The van der Waals surface area contributed by atoms with E-state index < -0.39 is 6.10 Å². The van der Waals surface area contributed by atoms with Crippen molar-refractivity contribution in [3.05, 3.63) is 132 Å². The zero-order chi connectivity index (χ0) is 37.3. The Hall–Kier alpha value is -5.03. The minimum Gasteiger partial charge on any atom is -0.388 e. The highest BCUT2D eigenvalue weighted by Gasteiger charge is 2.20. The van der Waals surface area contributed by atoms with Crippen LogP contribution in [0.2, 0.25) is 0 Å². The van der Waals surface area contributed by atoms with Gasteiger partial charge in [-0.15, -0.1) is 0 Å². The number of hydrogen-bond donors (Lipinski definition) is 3. The number of aromatic amines is 2. The average molecular weight is 733 g/mol. The number of carbonyl (C=O) groups excluding carboxylic acids is 1. The summed E-state index contributed by atoms with van der Waals surface area (Å²) in [7, 11) is 0. The summed E-state index contributed by atoms with van der Waals surface area (Å²) >= 11 is 0. The van der Waals surface area contributed by atoms with Gasteiger partial charge in [-0.05, 0) is 111 Å². The molecule has 2 aliphatic heterocycles. The first-order chi connectivity index (χ1) is 26.4. The summed E-state index contributed by atoms with van der Waals surface area (Å²) in [6.45, 7) is 10.0. The minimum atomic E-state index is -0.516. The van der Waals surface area contributed by atoms with E-state index in [4.69, 9.17) is 0 Å². The Kier molecular flexibility index (Phi) is 12.3. The van der Waals surface area contributed by atoms with Gasteiger partial charge in [0.1, 0.15) is 11.6 Å². The predicted molar refractivity (Wildman–Crippen MR) is 214 cm³/mol. The number of benzene rings is 4. The third-order valence-electron chi connectivity index (χ3n) is 10.8. The van der Waals surface area contributed by atoms with E-state index in [-0.39, 0.29) is 17.4 Å². The predicted octanol–water partition coefficient (Wildman–Crippen LogP) is 8.03. The highest BCUT2D eigenvalue weighted by Crippen LogP contribution is 2.28. The van der Waals surface area contributed by atoms with Gasteiger partial charge in [-0.3, -0.25) is 14.6 Å². The first-order valence-corrected chi connectivity index (χ1v) is 19.2. The normalized spacial score (nSPS) is 16.1. The van der Waals surface area contributed by atoms with Gasteiger partial charge in [0, 0.05) is 110 Å². The Morgan fingerprint density at radius 2 is 1.09 bits per heavy atom. The van der Waals surface area contributed by atoms with E-state index in [1.807, 2.05) is 12.4 Å². The monoisotopic (exact) mass is 732 g/mol. The van der Waals surface area contributed by atoms with Gasteiger partial charge in [0.25, 0.3) is 0 Å². The van der Waals surface area contributed by atoms with Gasteiger partial charge >= 0.3 is 0 Å². The zero-order valence-corrected chi connectivity index (χ0v) is 30.8. The van der Waals surface area contributed by atoms with E-state index in [0.717, 1.165) is 83.9 Å². The number of Topliss-reactive ketones (excluding diaryl/α,β-unsaturated/α-hetero) is 1. The second-order valence-corrected chi connectivity index (χ2v) is 14.3. The molecule has 282 valence electrons. The van der Waals surface area contributed by atoms with Crippen LogP contribution in [0.15, 0.2) is 109 Å². The van der Waals surface area contributed by atoms with E-state index in [2.05, 4.69) is 78.1 Å². The smallest absolute Gasteiger partial charge is 0.162 e. The van der Waals surface area contributed by atoms with Crippen molar-refractivity contribution >= 4 is 39.0 Å². The van der Waals surface area contributed by atoms with Crippen LogP contribution in [0.5, 0.6) is 0 Å². The summed E-state index contributed by atoms with van der Waals surface area (Å²) in [5.41, 5.74) is 6.35. The number of fused-ring (bicyclic) bond motifs is 2. The van der Waals surface area contributed by atoms with Crippen LogP contribution in [0.4, 0.5) is 20.2 Å². The second kappa shape index (κ2) is 17.9. The van der Waals surface area contributed by atoms with Gasteiger partial charge in [-0.25, -0.2) is 8.78 Å². The zero-order valence-electron chi connectivity index (χ0n) is 30.8. The number of anilines is 2. The van der Waals surface area contributed by atoms with Crippen molar-refractivity contribution in [1.82, 2.24) is 19.8 Å². The number of aliphatic hydroxyl groups excluding tert-OH is 1. The lowest BCUT2D eigenvalue weighted by molar-refractivity contribution is 0.0974. The number of carbonyl (C=O) groups is 1. The van der Waals surface area contributed by atoms with E-state index in [1.54, 1.807) is 24.3 Å². The molecule has 0 bridgehead atoms. The number of halogens is 2. The third kappa shape index (κ3) is 9.36. The lowest BCUT2D eigenvalue weighted by atomic mass is 10.0. The van der Waals surface area contributed by atoms with E-state index in [9.17, 15) is 18.7 Å². The highest BCUT2D eigenvalue weighted by atomic mass is 19.1. The molecule has 2 aromatic heterocycles. The van der Waals surface area contributed by atoms with Crippen molar-refractivity contribution in [2.24, 2.45) is 0 Å².